The summed E-state index contributed by atoms with van der Waals surface area (Å²) in [6.45, 7) is 0. The van der Waals surface area contributed by atoms with E-state index in [0.29, 0.717) is 55.4 Å². The minimum absolute atomic E-state index is 0.0409. The van der Waals surface area contributed by atoms with Crippen molar-refractivity contribution >= 4 is 58.5 Å². The predicted molar refractivity (Wildman–Crippen MR) is 205 cm³/mol. The van der Waals surface area contributed by atoms with Crippen molar-refractivity contribution in [3.8, 4) is 23.0 Å². The van der Waals surface area contributed by atoms with Crippen LogP contribution < -0.4 is 34.9 Å². The van der Waals surface area contributed by atoms with Gasteiger partial charge in [0.1, 0.15) is 16.7 Å². The van der Waals surface area contributed by atoms with Gasteiger partial charge in [-0.3, -0.25) is 14.4 Å². The lowest BCUT2D eigenvalue weighted by Gasteiger charge is -2.18. The number of thioether (sulfide) groups is 1. The molecule has 0 saturated heterocycles. The van der Waals surface area contributed by atoms with Gasteiger partial charge < -0.3 is 34.9 Å². The van der Waals surface area contributed by atoms with Crippen molar-refractivity contribution < 1.29 is 33.3 Å². The third-order valence-electron chi connectivity index (χ3n) is 7.63. The van der Waals surface area contributed by atoms with E-state index in [1.54, 1.807) is 78.9 Å². The highest BCUT2D eigenvalue weighted by Gasteiger charge is 2.23. The summed E-state index contributed by atoms with van der Waals surface area (Å²) in [6, 6.07) is 33.3. The van der Waals surface area contributed by atoms with E-state index in [9.17, 15) is 14.4 Å². The van der Waals surface area contributed by atoms with Crippen LogP contribution in [0.3, 0.4) is 0 Å². The van der Waals surface area contributed by atoms with Crippen molar-refractivity contribution in [3.63, 3.8) is 0 Å². The van der Waals surface area contributed by atoms with Gasteiger partial charge in [0.05, 0.1) is 33.5 Å². The minimum Gasteiger partial charge on any atom is -0.495 e. The van der Waals surface area contributed by atoms with Crippen LogP contribution in [0, 0.1) is 0 Å². The summed E-state index contributed by atoms with van der Waals surface area (Å²) in [5.74, 6) is 0.284. The number of anilines is 2. The van der Waals surface area contributed by atoms with Gasteiger partial charge in [0, 0.05) is 21.8 Å². The van der Waals surface area contributed by atoms with Crippen LogP contribution in [0.4, 0.5) is 11.4 Å². The monoisotopic (exact) mass is 737 g/mol. The fourth-order valence-electron chi connectivity index (χ4n) is 5.13. The summed E-state index contributed by atoms with van der Waals surface area (Å²) < 4.78 is 21.6. The van der Waals surface area contributed by atoms with Crippen LogP contribution in [-0.2, 0) is 9.59 Å². The molecule has 0 saturated carbocycles. The van der Waals surface area contributed by atoms with Crippen molar-refractivity contribution in [1.82, 2.24) is 5.32 Å². The fraction of sp³-hybridized carbons (Fsp3) is 0.125. The number of carbonyl (C=O) groups is 3. The van der Waals surface area contributed by atoms with Gasteiger partial charge in [0.25, 0.3) is 11.8 Å². The number of hydrogen-bond acceptors (Lipinski definition) is 8. The molecule has 5 aromatic rings. The van der Waals surface area contributed by atoms with Gasteiger partial charge in [0.2, 0.25) is 11.7 Å². The molecule has 1 unspecified atom stereocenters. The van der Waals surface area contributed by atoms with Gasteiger partial charge in [-0.2, -0.15) is 0 Å². The highest BCUT2D eigenvalue weighted by Crippen LogP contribution is 2.40. The largest absolute Gasteiger partial charge is 0.495 e. The van der Waals surface area contributed by atoms with E-state index in [1.165, 1.54) is 46.3 Å². The smallest absolute Gasteiger partial charge is 0.272 e. The Labute approximate surface area is 311 Å². The average molecular weight is 738 g/mol. The van der Waals surface area contributed by atoms with E-state index in [1.807, 2.05) is 36.4 Å². The number of nitrogens with one attached hydrogen (secondary N) is 3. The molecule has 1 atom stereocenters. The number of carbonyl (C=O) groups excluding carboxylic acids is 3. The Bertz CT molecular complexity index is 2050. The lowest BCUT2D eigenvalue weighted by atomic mass is 10.1. The molecule has 5 aromatic carbocycles. The maximum atomic E-state index is 13.9. The first-order valence-corrected chi connectivity index (χ1v) is 17.1. The first kappa shape index (κ1) is 37.3. The summed E-state index contributed by atoms with van der Waals surface area (Å²) in [5, 5.41) is 8.29. The molecule has 0 aliphatic carbocycles. The highest BCUT2D eigenvalue weighted by atomic mass is 35.5. The number of hydrogen-bond donors (Lipinski definition) is 3. The molecule has 0 spiro atoms. The van der Waals surface area contributed by atoms with Crippen LogP contribution in [0.2, 0.25) is 5.02 Å². The number of ether oxygens (including phenoxy) is 4. The van der Waals surface area contributed by atoms with Gasteiger partial charge in [0.15, 0.2) is 11.5 Å². The molecule has 0 aliphatic rings. The van der Waals surface area contributed by atoms with E-state index < -0.39 is 17.1 Å². The molecule has 0 heterocycles. The quantitative estimate of drug-likeness (QED) is 0.0769. The van der Waals surface area contributed by atoms with Gasteiger partial charge in [-0.25, -0.2) is 0 Å². The SMILES string of the molecule is COc1ccc(NC(=O)C(Sc2cccc(NC(=O)/C(=C\c3cc(OC)c(OC)c(OC)c3)NC(=O)c3ccccc3)c2)c2ccccc2)cc1Cl. The molecule has 3 N–H and O–H groups in total. The Hall–Kier alpha value is -5.91. The van der Waals surface area contributed by atoms with Crippen LogP contribution in [-0.4, -0.2) is 46.2 Å². The average Bonchev–Trinajstić information content (AvgIpc) is 3.17. The van der Waals surface area contributed by atoms with Crippen molar-refractivity contribution in [2.45, 2.75) is 10.1 Å². The number of halogens is 1. The van der Waals surface area contributed by atoms with Crippen LogP contribution >= 0.6 is 23.4 Å². The topological polar surface area (TPSA) is 124 Å². The standard InChI is InChI=1S/C40H36ClN3O7S/c1-48-33-19-18-29(24-31(33)41)43-40(47)37(26-12-7-5-8-13-26)52-30-17-11-16-28(23-30)42-39(46)32(44-38(45)27-14-9-6-10-15-27)20-25-21-34(49-2)36(51-4)35(22-25)50-3/h5-24,37H,1-4H3,(H,42,46)(H,43,47)(H,44,45)/b32-20+. The molecule has 0 bridgehead atoms. The normalized spacial score (nSPS) is 11.5. The van der Waals surface area contributed by atoms with Crippen LogP contribution in [0.5, 0.6) is 23.0 Å². The molecular weight excluding hydrogens is 702 g/mol. The van der Waals surface area contributed by atoms with Gasteiger partial charge in [-0.15, -0.1) is 11.8 Å². The van der Waals surface area contributed by atoms with Gasteiger partial charge in [-0.05, 0) is 77.9 Å². The maximum Gasteiger partial charge on any atom is 0.272 e. The zero-order chi connectivity index (χ0) is 37.0. The van der Waals surface area contributed by atoms with Crippen LogP contribution in [0.25, 0.3) is 6.08 Å². The Kier molecular flexibility index (Phi) is 12.8. The molecule has 52 heavy (non-hydrogen) atoms. The Balaban J connectivity index is 1.42. The molecule has 3 amide bonds. The molecule has 10 nitrogen and oxygen atoms in total. The summed E-state index contributed by atoms with van der Waals surface area (Å²) in [6.07, 6.45) is 1.51. The maximum absolute atomic E-state index is 13.9. The van der Waals surface area contributed by atoms with Crippen molar-refractivity contribution in [3.05, 3.63) is 143 Å². The lowest BCUT2D eigenvalue weighted by molar-refractivity contribution is -0.116. The summed E-state index contributed by atoms with van der Waals surface area (Å²) in [7, 11) is 5.99. The van der Waals surface area contributed by atoms with Crippen LogP contribution in [0.15, 0.2) is 126 Å². The summed E-state index contributed by atoms with van der Waals surface area (Å²) in [4.78, 5) is 41.5. The lowest BCUT2D eigenvalue weighted by Crippen LogP contribution is -2.30. The molecular formula is C40H36ClN3O7S. The van der Waals surface area contributed by atoms with Gasteiger partial charge in [-0.1, -0.05) is 66.2 Å². The van der Waals surface area contributed by atoms with E-state index >= 15 is 0 Å². The molecule has 12 heteroatoms. The molecule has 0 aromatic heterocycles. The second-order valence-corrected chi connectivity index (χ2v) is 12.7. The summed E-state index contributed by atoms with van der Waals surface area (Å²) >= 11 is 7.61. The van der Waals surface area contributed by atoms with Crippen LogP contribution in [0.1, 0.15) is 26.7 Å². The predicted octanol–water partition coefficient (Wildman–Crippen LogP) is 8.26. The van der Waals surface area contributed by atoms with E-state index in [0.717, 1.165) is 5.56 Å². The second kappa shape index (κ2) is 17.8. The van der Waals surface area contributed by atoms with E-state index in [2.05, 4.69) is 16.0 Å². The van der Waals surface area contributed by atoms with Gasteiger partial charge >= 0.3 is 0 Å². The number of benzene rings is 5. The summed E-state index contributed by atoms with van der Waals surface area (Å²) in [5.41, 5.74) is 2.56. The molecule has 0 aliphatic heterocycles. The Morgan fingerprint density at radius 1 is 0.673 bits per heavy atom. The van der Waals surface area contributed by atoms with Crippen molar-refractivity contribution in [2.24, 2.45) is 0 Å². The number of amides is 3. The zero-order valence-corrected chi connectivity index (χ0v) is 30.3. The Morgan fingerprint density at radius 2 is 1.31 bits per heavy atom. The zero-order valence-electron chi connectivity index (χ0n) is 28.8. The third kappa shape index (κ3) is 9.45. The van der Waals surface area contributed by atoms with E-state index in [-0.39, 0.29) is 11.6 Å². The van der Waals surface area contributed by atoms with Crippen molar-refractivity contribution in [1.29, 1.82) is 0 Å². The molecule has 0 fully saturated rings. The van der Waals surface area contributed by atoms with E-state index in [4.69, 9.17) is 30.5 Å². The third-order valence-corrected chi connectivity index (χ3v) is 9.18. The molecule has 5 rings (SSSR count). The first-order chi connectivity index (χ1) is 25.2. The molecule has 0 radical (unpaired) electrons. The Morgan fingerprint density at radius 3 is 1.92 bits per heavy atom. The van der Waals surface area contributed by atoms with Crippen molar-refractivity contribution in [2.75, 3.05) is 39.1 Å². The number of rotatable bonds is 14. The highest BCUT2D eigenvalue weighted by molar-refractivity contribution is 8.00. The minimum atomic E-state index is -0.659. The fourth-order valence-corrected chi connectivity index (χ4v) is 6.47. The first-order valence-electron chi connectivity index (χ1n) is 15.9. The second-order valence-electron chi connectivity index (χ2n) is 11.1. The number of methoxy groups -OCH3 is 4. The molecule has 266 valence electrons.